The quantitative estimate of drug-likeness (QED) is 0.642. The van der Waals surface area contributed by atoms with Crippen molar-refractivity contribution in [3.63, 3.8) is 0 Å². The molecule has 8 nitrogen and oxygen atoms in total. The Morgan fingerprint density at radius 1 is 1.59 bits per heavy atom. The van der Waals surface area contributed by atoms with Crippen molar-refractivity contribution in [3.05, 3.63) is 5.82 Å². The van der Waals surface area contributed by atoms with Crippen LogP contribution in [-0.2, 0) is 9.84 Å². The van der Waals surface area contributed by atoms with Gasteiger partial charge in [0.2, 0.25) is 11.8 Å². The third-order valence-electron chi connectivity index (χ3n) is 2.64. The maximum atomic E-state index is 12.0. The van der Waals surface area contributed by atoms with Crippen LogP contribution in [0.15, 0.2) is 0 Å². The van der Waals surface area contributed by atoms with Crippen molar-refractivity contribution >= 4 is 21.7 Å². The number of nitrogens with two attached hydrogens (primary N) is 1. The minimum absolute atomic E-state index is 0.00867. The van der Waals surface area contributed by atoms with Crippen molar-refractivity contribution in [3.8, 4) is 0 Å². The van der Waals surface area contributed by atoms with Crippen LogP contribution < -0.4 is 5.73 Å². The fourth-order valence-electron chi connectivity index (χ4n) is 1.81. The van der Waals surface area contributed by atoms with E-state index < -0.39 is 9.84 Å². The third kappa shape index (κ3) is 2.38. The zero-order valence-corrected chi connectivity index (χ0v) is 10.1. The molecule has 0 radical (unpaired) electrons. The molecule has 1 fully saturated rings. The SMILES string of the molecule is CC1CS(=O)(=O)CCN1C(=O)c1nc(N)n[nH]1. The second-order valence-electron chi connectivity index (χ2n) is 4.00. The van der Waals surface area contributed by atoms with Crippen molar-refractivity contribution < 1.29 is 13.2 Å². The Balaban J connectivity index is 2.16. The van der Waals surface area contributed by atoms with Crippen LogP contribution in [0.2, 0.25) is 0 Å². The second-order valence-corrected chi connectivity index (χ2v) is 6.23. The molecule has 1 aromatic rings. The van der Waals surface area contributed by atoms with Crippen molar-refractivity contribution in [1.29, 1.82) is 0 Å². The molecule has 2 rings (SSSR count). The highest BCUT2D eigenvalue weighted by Crippen LogP contribution is 2.13. The van der Waals surface area contributed by atoms with Crippen LogP contribution in [0, 0.1) is 0 Å². The molecule has 94 valence electrons. The van der Waals surface area contributed by atoms with E-state index in [1.807, 2.05) is 0 Å². The lowest BCUT2D eigenvalue weighted by atomic mass is 10.3. The Kier molecular flexibility index (Phi) is 2.77. The Bertz CT molecular complexity index is 537. The van der Waals surface area contributed by atoms with Gasteiger partial charge in [-0.15, -0.1) is 5.10 Å². The Labute approximate surface area is 98.1 Å². The molecule has 0 spiro atoms. The molecular weight excluding hydrogens is 246 g/mol. The number of anilines is 1. The van der Waals surface area contributed by atoms with Crippen molar-refractivity contribution in [2.45, 2.75) is 13.0 Å². The minimum atomic E-state index is -3.04. The predicted octanol–water partition coefficient (Wildman–Crippen LogP) is -1.35. The van der Waals surface area contributed by atoms with E-state index in [0.717, 1.165) is 0 Å². The van der Waals surface area contributed by atoms with Gasteiger partial charge in [-0.2, -0.15) is 4.98 Å². The molecule has 9 heteroatoms. The summed E-state index contributed by atoms with van der Waals surface area (Å²) < 4.78 is 22.8. The van der Waals surface area contributed by atoms with Crippen LogP contribution in [0.3, 0.4) is 0 Å². The van der Waals surface area contributed by atoms with Gasteiger partial charge >= 0.3 is 0 Å². The maximum absolute atomic E-state index is 12.0. The highest BCUT2D eigenvalue weighted by molar-refractivity contribution is 7.91. The second kappa shape index (κ2) is 3.99. The summed E-state index contributed by atoms with van der Waals surface area (Å²) in [4.78, 5) is 17.2. The first kappa shape index (κ1) is 11.8. The fraction of sp³-hybridized carbons (Fsp3) is 0.625. The van der Waals surface area contributed by atoms with E-state index in [-0.39, 0.29) is 41.8 Å². The standard InChI is InChI=1S/C8H13N5O3S/c1-5-4-17(15,16)3-2-13(5)7(14)6-10-8(9)12-11-6/h5H,2-4H2,1H3,(H3,9,10,11,12). The highest BCUT2D eigenvalue weighted by atomic mass is 32.2. The van der Waals surface area contributed by atoms with Gasteiger partial charge in [0.15, 0.2) is 9.84 Å². The molecule has 2 heterocycles. The van der Waals surface area contributed by atoms with Crippen LogP contribution in [0.4, 0.5) is 5.95 Å². The molecule has 3 N–H and O–H groups in total. The van der Waals surface area contributed by atoms with Gasteiger partial charge in [-0.3, -0.25) is 9.89 Å². The number of nitrogens with zero attached hydrogens (tertiary/aromatic N) is 3. The fourth-order valence-corrected chi connectivity index (χ4v) is 3.36. The van der Waals surface area contributed by atoms with Crippen molar-refractivity contribution in [2.24, 2.45) is 0 Å². The van der Waals surface area contributed by atoms with Gasteiger partial charge in [0, 0.05) is 12.6 Å². The van der Waals surface area contributed by atoms with Crippen LogP contribution in [-0.4, -0.2) is 58.5 Å². The lowest BCUT2D eigenvalue weighted by Gasteiger charge is -2.32. The average Bonchev–Trinajstić information content (AvgIpc) is 2.62. The predicted molar refractivity (Wildman–Crippen MR) is 59.9 cm³/mol. The summed E-state index contributed by atoms with van der Waals surface area (Å²) in [6.45, 7) is 1.86. The maximum Gasteiger partial charge on any atom is 0.291 e. The number of rotatable bonds is 1. The molecule has 0 bridgehead atoms. The topological polar surface area (TPSA) is 122 Å². The van der Waals surface area contributed by atoms with E-state index in [4.69, 9.17) is 5.73 Å². The number of carbonyl (C=O) groups excluding carboxylic acids is 1. The smallest absolute Gasteiger partial charge is 0.291 e. The number of sulfone groups is 1. The molecule has 17 heavy (non-hydrogen) atoms. The first-order chi connectivity index (χ1) is 7.89. The molecule has 1 amide bonds. The average molecular weight is 259 g/mol. The summed E-state index contributed by atoms with van der Waals surface area (Å²) in [6.07, 6.45) is 0. The number of hydrogen-bond acceptors (Lipinski definition) is 6. The zero-order chi connectivity index (χ0) is 12.6. The number of aromatic nitrogens is 3. The number of nitrogen functional groups attached to an aromatic ring is 1. The number of aromatic amines is 1. The van der Waals surface area contributed by atoms with Crippen LogP contribution in [0.1, 0.15) is 17.5 Å². The molecule has 0 saturated carbocycles. The molecule has 1 aliphatic rings. The normalized spacial score (nSPS) is 23.6. The molecule has 1 unspecified atom stereocenters. The lowest BCUT2D eigenvalue weighted by Crippen LogP contribution is -2.50. The number of carbonyl (C=O) groups is 1. The van der Waals surface area contributed by atoms with Gasteiger partial charge < -0.3 is 10.6 Å². The summed E-state index contributed by atoms with van der Waals surface area (Å²) in [5.74, 6) is -0.398. The first-order valence-electron chi connectivity index (χ1n) is 5.08. The van der Waals surface area contributed by atoms with E-state index in [0.29, 0.717) is 0 Å². The van der Waals surface area contributed by atoms with E-state index in [9.17, 15) is 13.2 Å². The van der Waals surface area contributed by atoms with E-state index in [2.05, 4.69) is 15.2 Å². The summed E-state index contributed by atoms with van der Waals surface area (Å²) in [7, 11) is -3.04. The third-order valence-corrected chi connectivity index (χ3v) is 4.43. The molecule has 1 aliphatic heterocycles. The van der Waals surface area contributed by atoms with Gasteiger partial charge in [0.1, 0.15) is 0 Å². The van der Waals surface area contributed by atoms with Gasteiger partial charge in [-0.25, -0.2) is 8.42 Å². The monoisotopic (exact) mass is 259 g/mol. The molecule has 0 aliphatic carbocycles. The van der Waals surface area contributed by atoms with Crippen LogP contribution >= 0.6 is 0 Å². The van der Waals surface area contributed by atoms with Crippen LogP contribution in [0.25, 0.3) is 0 Å². The number of H-pyrrole nitrogens is 1. The Hall–Kier alpha value is -1.64. The molecule has 0 aromatic carbocycles. The molecule has 1 aromatic heterocycles. The minimum Gasteiger partial charge on any atom is -0.366 e. The van der Waals surface area contributed by atoms with Gasteiger partial charge in [-0.1, -0.05) is 0 Å². The lowest BCUT2D eigenvalue weighted by molar-refractivity contribution is 0.0700. The van der Waals surface area contributed by atoms with E-state index >= 15 is 0 Å². The van der Waals surface area contributed by atoms with Gasteiger partial charge in [0.05, 0.1) is 11.5 Å². The molecule has 1 saturated heterocycles. The summed E-state index contributed by atoms with van der Waals surface area (Å²) in [5.41, 5.74) is 5.30. The van der Waals surface area contributed by atoms with E-state index in [1.54, 1.807) is 6.92 Å². The Morgan fingerprint density at radius 2 is 2.29 bits per heavy atom. The first-order valence-corrected chi connectivity index (χ1v) is 6.90. The molecular formula is C8H13N5O3S. The van der Waals surface area contributed by atoms with Gasteiger partial charge in [0.25, 0.3) is 5.91 Å². The number of hydrogen-bond donors (Lipinski definition) is 2. The Morgan fingerprint density at radius 3 is 2.82 bits per heavy atom. The number of nitrogens with one attached hydrogen (secondary N) is 1. The number of amides is 1. The molecule has 1 atom stereocenters. The van der Waals surface area contributed by atoms with Crippen molar-refractivity contribution in [2.75, 3.05) is 23.8 Å². The van der Waals surface area contributed by atoms with Gasteiger partial charge in [-0.05, 0) is 6.92 Å². The zero-order valence-electron chi connectivity index (χ0n) is 9.25. The van der Waals surface area contributed by atoms with Crippen LogP contribution in [0.5, 0.6) is 0 Å². The largest absolute Gasteiger partial charge is 0.366 e. The summed E-state index contributed by atoms with van der Waals surface area (Å²) in [5, 5.41) is 5.98. The summed E-state index contributed by atoms with van der Waals surface area (Å²) in [6, 6.07) is -0.368. The van der Waals surface area contributed by atoms with E-state index in [1.165, 1.54) is 4.90 Å². The van der Waals surface area contributed by atoms with Crippen molar-refractivity contribution in [1.82, 2.24) is 20.1 Å². The summed E-state index contributed by atoms with van der Waals surface area (Å²) >= 11 is 0. The highest BCUT2D eigenvalue weighted by Gasteiger charge is 2.32.